The highest BCUT2D eigenvalue weighted by Crippen LogP contribution is 2.18. The van der Waals surface area contributed by atoms with Crippen LogP contribution in [0.4, 0.5) is 0 Å². The number of likely N-dealkylation sites (N-methyl/N-ethyl adjacent to an activating group) is 1. The molecule has 0 amide bonds. The van der Waals surface area contributed by atoms with Crippen LogP contribution in [-0.2, 0) is 6.54 Å². The molecule has 1 aromatic carbocycles. The quantitative estimate of drug-likeness (QED) is 0.869. The van der Waals surface area contributed by atoms with E-state index in [1.165, 1.54) is 11.1 Å². The molecular weight excluding hydrogens is 322 g/mol. The normalized spacial score (nSPS) is 21.1. The molecule has 1 aliphatic rings. The number of likely N-dealkylation sites (tertiary alicyclic amines) is 1. The first-order valence-electron chi connectivity index (χ1n) is 9.27. The van der Waals surface area contributed by atoms with Gasteiger partial charge in [0.2, 0.25) is 0 Å². The number of β-amino-alcohol motifs (C(OH)–C–C–N with tert-alkyl or cyclic N) is 1. The van der Waals surface area contributed by atoms with Crippen LogP contribution in [0, 0.1) is 13.8 Å². The zero-order chi connectivity index (χ0) is 18.5. The number of aliphatic hydroxyl groups is 1. The van der Waals surface area contributed by atoms with E-state index in [-0.39, 0.29) is 12.1 Å². The smallest absolute Gasteiger partial charge is 0.0834 e. The van der Waals surface area contributed by atoms with Gasteiger partial charge in [-0.15, -0.1) is 0 Å². The Morgan fingerprint density at radius 1 is 1.19 bits per heavy atom. The van der Waals surface area contributed by atoms with Gasteiger partial charge in [0, 0.05) is 37.9 Å². The second-order valence-electron chi connectivity index (χ2n) is 7.36. The minimum absolute atomic E-state index is 0.141. The van der Waals surface area contributed by atoms with Gasteiger partial charge in [-0.3, -0.25) is 14.8 Å². The van der Waals surface area contributed by atoms with Crippen LogP contribution >= 0.6 is 0 Å². The number of benzene rings is 1. The van der Waals surface area contributed by atoms with Crippen molar-refractivity contribution in [2.75, 3.05) is 26.7 Å². The fraction of sp³-hybridized carbons (Fsp3) is 0.409. The molecule has 26 heavy (non-hydrogen) atoms. The van der Waals surface area contributed by atoms with Gasteiger partial charge in [0.25, 0.3) is 0 Å². The van der Waals surface area contributed by atoms with E-state index in [9.17, 15) is 5.11 Å². The Bertz CT molecular complexity index is 724. The summed E-state index contributed by atoms with van der Waals surface area (Å²) in [6, 6.07) is 14.7. The first-order valence-corrected chi connectivity index (χ1v) is 9.27. The fourth-order valence-corrected chi connectivity index (χ4v) is 3.71. The fourth-order valence-electron chi connectivity index (χ4n) is 3.71. The molecule has 2 atom stereocenters. The molecule has 0 bridgehead atoms. The third-order valence-electron chi connectivity index (χ3n) is 4.94. The highest BCUT2D eigenvalue weighted by Gasteiger charge is 2.33. The third kappa shape index (κ3) is 5.01. The SMILES string of the molecule is Cc1cc(C)nc(CN(C)[C@@H]2CN(C/C=C/c3ccccc3)C[C@H]2O)c1. The third-order valence-corrected chi connectivity index (χ3v) is 4.94. The van der Waals surface area contributed by atoms with E-state index in [1.807, 2.05) is 25.1 Å². The maximum absolute atomic E-state index is 10.5. The average molecular weight is 351 g/mol. The monoisotopic (exact) mass is 351 g/mol. The van der Waals surface area contributed by atoms with Crippen LogP contribution in [0.5, 0.6) is 0 Å². The van der Waals surface area contributed by atoms with Crippen molar-refractivity contribution < 1.29 is 5.11 Å². The number of nitrogens with zero attached hydrogens (tertiary/aromatic N) is 3. The van der Waals surface area contributed by atoms with E-state index in [0.29, 0.717) is 6.54 Å². The van der Waals surface area contributed by atoms with Gasteiger partial charge in [-0.1, -0.05) is 42.5 Å². The maximum Gasteiger partial charge on any atom is 0.0834 e. The number of rotatable bonds is 6. The number of aromatic nitrogens is 1. The van der Waals surface area contributed by atoms with Crippen LogP contribution in [0.1, 0.15) is 22.5 Å². The first-order chi connectivity index (χ1) is 12.5. The van der Waals surface area contributed by atoms with Crippen LogP contribution in [0.3, 0.4) is 0 Å². The van der Waals surface area contributed by atoms with Gasteiger partial charge in [0.1, 0.15) is 0 Å². The standard InChI is InChI=1S/C22H29N3O/c1-17-12-18(2)23-20(13-17)14-24(3)21-15-25(16-22(21)26)11-7-10-19-8-5-4-6-9-19/h4-10,12-13,21-22,26H,11,14-16H2,1-3H3/b10-7+/t21-,22-/m1/s1. The van der Waals surface area contributed by atoms with Gasteiger partial charge < -0.3 is 5.11 Å². The molecule has 1 aromatic heterocycles. The lowest BCUT2D eigenvalue weighted by atomic mass is 10.1. The second-order valence-corrected chi connectivity index (χ2v) is 7.36. The highest BCUT2D eigenvalue weighted by atomic mass is 16.3. The zero-order valence-corrected chi connectivity index (χ0v) is 16.0. The van der Waals surface area contributed by atoms with Crippen molar-refractivity contribution in [2.24, 2.45) is 0 Å². The van der Waals surface area contributed by atoms with Crippen LogP contribution in [0.2, 0.25) is 0 Å². The zero-order valence-electron chi connectivity index (χ0n) is 16.0. The summed E-state index contributed by atoms with van der Waals surface area (Å²) in [6.07, 6.45) is 4.00. The van der Waals surface area contributed by atoms with Gasteiger partial charge >= 0.3 is 0 Å². The van der Waals surface area contributed by atoms with Crippen molar-refractivity contribution in [3.05, 3.63) is 71.1 Å². The van der Waals surface area contributed by atoms with Crippen LogP contribution < -0.4 is 0 Å². The van der Waals surface area contributed by atoms with Crippen molar-refractivity contribution in [3.8, 4) is 0 Å². The Balaban J connectivity index is 1.55. The van der Waals surface area contributed by atoms with Crippen molar-refractivity contribution in [3.63, 3.8) is 0 Å². The topological polar surface area (TPSA) is 39.6 Å². The van der Waals surface area contributed by atoms with Gasteiger partial charge in [-0.25, -0.2) is 0 Å². The van der Waals surface area contributed by atoms with E-state index >= 15 is 0 Å². The molecule has 0 saturated carbocycles. The summed E-state index contributed by atoms with van der Waals surface area (Å²) >= 11 is 0. The summed E-state index contributed by atoms with van der Waals surface area (Å²) in [5, 5.41) is 10.5. The van der Waals surface area contributed by atoms with Gasteiger partial charge in [0.05, 0.1) is 11.8 Å². The lowest BCUT2D eigenvalue weighted by molar-refractivity contribution is 0.0943. The molecule has 2 aromatic rings. The molecule has 0 radical (unpaired) electrons. The van der Waals surface area contributed by atoms with E-state index in [2.05, 4.69) is 65.2 Å². The van der Waals surface area contributed by atoms with Crippen molar-refractivity contribution in [2.45, 2.75) is 32.5 Å². The molecule has 2 heterocycles. The summed E-state index contributed by atoms with van der Waals surface area (Å²) in [4.78, 5) is 9.16. The molecule has 1 aliphatic heterocycles. The summed E-state index contributed by atoms with van der Waals surface area (Å²) < 4.78 is 0. The second kappa shape index (κ2) is 8.58. The molecule has 4 nitrogen and oxygen atoms in total. The van der Waals surface area contributed by atoms with E-state index in [4.69, 9.17) is 0 Å². The Kier molecular flexibility index (Phi) is 6.20. The minimum atomic E-state index is -0.323. The Morgan fingerprint density at radius 2 is 1.96 bits per heavy atom. The van der Waals surface area contributed by atoms with Crippen LogP contribution in [0.15, 0.2) is 48.5 Å². The first kappa shape index (κ1) is 18.8. The number of hydrogen-bond donors (Lipinski definition) is 1. The molecule has 3 rings (SSSR count). The van der Waals surface area contributed by atoms with Crippen molar-refractivity contribution in [1.29, 1.82) is 0 Å². The molecule has 138 valence electrons. The molecule has 0 aliphatic carbocycles. The molecule has 4 heteroatoms. The van der Waals surface area contributed by atoms with E-state index < -0.39 is 0 Å². The summed E-state index contributed by atoms with van der Waals surface area (Å²) in [5.41, 5.74) is 4.56. The van der Waals surface area contributed by atoms with Crippen molar-refractivity contribution in [1.82, 2.24) is 14.8 Å². The average Bonchev–Trinajstić information content (AvgIpc) is 2.96. The molecule has 1 N–H and O–H groups in total. The Morgan fingerprint density at radius 3 is 2.69 bits per heavy atom. The highest BCUT2D eigenvalue weighted by molar-refractivity contribution is 5.48. The molecule has 0 spiro atoms. The molecule has 1 saturated heterocycles. The molecular formula is C22H29N3O. The van der Waals surface area contributed by atoms with Gasteiger partial charge in [-0.05, 0) is 44.2 Å². The van der Waals surface area contributed by atoms with E-state index in [0.717, 1.165) is 31.0 Å². The number of aryl methyl sites for hydroxylation is 2. The largest absolute Gasteiger partial charge is 0.390 e. The van der Waals surface area contributed by atoms with E-state index in [1.54, 1.807) is 0 Å². The summed E-state index contributed by atoms with van der Waals surface area (Å²) in [5.74, 6) is 0. The number of pyridine rings is 1. The maximum atomic E-state index is 10.5. The Labute approximate surface area is 156 Å². The predicted molar refractivity (Wildman–Crippen MR) is 107 cm³/mol. The number of aliphatic hydroxyl groups excluding tert-OH is 1. The predicted octanol–water partition coefficient (Wildman–Crippen LogP) is 2.89. The van der Waals surface area contributed by atoms with Crippen molar-refractivity contribution >= 4 is 6.08 Å². The molecule has 0 unspecified atom stereocenters. The minimum Gasteiger partial charge on any atom is -0.390 e. The summed E-state index contributed by atoms with van der Waals surface area (Å²) in [6.45, 7) is 7.34. The van der Waals surface area contributed by atoms with Crippen LogP contribution in [-0.4, -0.2) is 58.7 Å². The number of hydrogen-bond acceptors (Lipinski definition) is 4. The molecule has 1 fully saturated rings. The van der Waals surface area contributed by atoms with Gasteiger partial charge in [-0.2, -0.15) is 0 Å². The summed E-state index contributed by atoms with van der Waals surface area (Å²) in [7, 11) is 2.08. The Hall–Kier alpha value is -2.01. The lowest BCUT2D eigenvalue weighted by Gasteiger charge is -2.26. The van der Waals surface area contributed by atoms with Crippen LogP contribution in [0.25, 0.3) is 6.08 Å². The lowest BCUT2D eigenvalue weighted by Crippen LogP contribution is -2.40. The van der Waals surface area contributed by atoms with Gasteiger partial charge in [0.15, 0.2) is 0 Å².